The first kappa shape index (κ1) is 23.4. The Labute approximate surface area is 185 Å². The van der Waals surface area contributed by atoms with Crippen LogP contribution in [0.4, 0.5) is 0 Å². The quantitative estimate of drug-likeness (QED) is 0.255. The van der Waals surface area contributed by atoms with Crippen LogP contribution in [0.3, 0.4) is 0 Å². The van der Waals surface area contributed by atoms with Crippen LogP contribution >= 0.6 is 23.2 Å². The van der Waals surface area contributed by atoms with Gasteiger partial charge in [-0.2, -0.15) is 0 Å². The van der Waals surface area contributed by atoms with Crippen LogP contribution in [0, 0.1) is 0 Å². The molecule has 0 unspecified atom stereocenters. The number of nitrogens with zero attached hydrogens (tertiary/aromatic N) is 1. The van der Waals surface area contributed by atoms with Crippen molar-refractivity contribution in [2.75, 3.05) is 13.6 Å². The molecule has 1 aromatic rings. The minimum atomic E-state index is 0.592. The van der Waals surface area contributed by atoms with E-state index in [1.165, 1.54) is 11.3 Å². The molecule has 0 radical (unpaired) electrons. The maximum absolute atomic E-state index is 6.33. The summed E-state index contributed by atoms with van der Waals surface area (Å²) in [6, 6.07) is 5.60. The molecular weight excluding hydrogens is 403 g/mol. The van der Waals surface area contributed by atoms with Crippen molar-refractivity contribution in [2.24, 2.45) is 4.99 Å². The Hall–Kier alpha value is -1.91. The highest BCUT2D eigenvalue weighted by atomic mass is 35.5. The minimum Gasteiger partial charge on any atom is -0.389 e. The molecule has 0 heterocycles. The third-order valence-electron chi connectivity index (χ3n) is 4.84. The lowest BCUT2D eigenvalue weighted by Gasteiger charge is -2.24. The molecule has 0 bridgehead atoms. The Balaban J connectivity index is 2.14. The molecule has 0 spiro atoms. The van der Waals surface area contributed by atoms with Crippen molar-refractivity contribution < 1.29 is 0 Å². The number of hydrogen-bond acceptors (Lipinski definition) is 3. The number of allylic oxidation sites excluding steroid dienone is 3. The van der Waals surface area contributed by atoms with Crippen LogP contribution in [0.5, 0.6) is 0 Å². The first-order chi connectivity index (χ1) is 14.0. The van der Waals surface area contributed by atoms with Crippen LogP contribution in [-0.2, 0) is 6.54 Å². The van der Waals surface area contributed by atoms with Gasteiger partial charge in [0.25, 0.3) is 0 Å². The summed E-state index contributed by atoms with van der Waals surface area (Å²) in [7, 11) is 1.81. The third-order valence-corrected chi connectivity index (χ3v) is 5.55. The Bertz CT molecular complexity index is 789. The number of amidine groups is 1. The van der Waals surface area contributed by atoms with Crippen LogP contribution in [-0.4, -0.2) is 19.4 Å². The fourth-order valence-corrected chi connectivity index (χ4v) is 3.88. The Morgan fingerprint density at radius 2 is 1.90 bits per heavy atom. The largest absolute Gasteiger partial charge is 0.389 e. The monoisotopic (exact) mass is 434 g/mol. The summed E-state index contributed by atoms with van der Waals surface area (Å²) >= 11 is 12.7. The molecule has 0 fully saturated rings. The van der Waals surface area contributed by atoms with E-state index >= 15 is 0 Å². The predicted molar refractivity (Wildman–Crippen MR) is 126 cm³/mol. The van der Waals surface area contributed by atoms with Gasteiger partial charge >= 0.3 is 0 Å². The summed E-state index contributed by atoms with van der Waals surface area (Å²) in [6.45, 7) is 9.88. The summed E-state index contributed by atoms with van der Waals surface area (Å²) in [5.74, 6) is 0.863. The molecule has 0 saturated carbocycles. The van der Waals surface area contributed by atoms with E-state index in [-0.39, 0.29) is 0 Å². The topological polar surface area (TPSA) is 48.5 Å². The van der Waals surface area contributed by atoms with E-state index in [1.54, 1.807) is 0 Å². The molecule has 6 heteroatoms. The second-order valence-electron chi connectivity index (χ2n) is 7.19. The summed E-state index contributed by atoms with van der Waals surface area (Å²) in [5, 5.41) is 11.7. The zero-order valence-electron chi connectivity index (χ0n) is 17.7. The normalized spacial score (nSPS) is 15.3. The summed E-state index contributed by atoms with van der Waals surface area (Å²) in [5.41, 5.74) is 5.22. The van der Waals surface area contributed by atoms with Gasteiger partial charge in [-0.25, -0.2) is 0 Å². The van der Waals surface area contributed by atoms with Gasteiger partial charge in [0.15, 0.2) is 0 Å². The van der Waals surface area contributed by atoms with Crippen molar-refractivity contribution in [1.29, 1.82) is 0 Å². The van der Waals surface area contributed by atoms with Gasteiger partial charge in [-0.1, -0.05) is 42.8 Å². The predicted octanol–water partition coefficient (Wildman–Crippen LogP) is 5.95. The Morgan fingerprint density at radius 1 is 1.21 bits per heavy atom. The lowest BCUT2D eigenvalue weighted by Crippen LogP contribution is -2.29. The number of benzene rings is 1. The highest BCUT2D eigenvalue weighted by Crippen LogP contribution is 2.27. The van der Waals surface area contributed by atoms with Crippen LogP contribution in [0.1, 0.15) is 51.5 Å². The minimum absolute atomic E-state index is 0.592. The van der Waals surface area contributed by atoms with Gasteiger partial charge in [-0.15, -0.1) is 0 Å². The summed E-state index contributed by atoms with van der Waals surface area (Å²) in [6.07, 6.45) is 7.36. The fraction of sp³-hybridized carbons (Fsp3) is 0.435. The number of aliphatic imine (C=N–C) groups is 1. The van der Waals surface area contributed by atoms with Gasteiger partial charge in [0, 0.05) is 58.4 Å². The van der Waals surface area contributed by atoms with Crippen LogP contribution in [0.2, 0.25) is 10.0 Å². The van der Waals surface area contributed by atoms with Gasteiger partial charge in [0.1, 0.15) is 5.84 Å². The van der Waals surface area contributed by atoms with Crippen molar-refractivity contribution in [3.63, 3.8) is 0 Å². The first-order valence-corrected chi connectivity index (χ1v) is 11.0. The number of rotatable bonds is 9. The van der Waals surface area contributed by atoms with E-state index in [0.29, 0.717) is 16.6 Å². The maximum atomic E-state index is 6.33. The highest BCUT2D eigenvalue weighted by Gasteiger charge is 2.18. The molecule has 29 heavy (non-hydrogen) atoms. The average Bonchev–Trinajstić information content (AvgIpc) is 2.70. The molecule has 1 aliphatic rings. The molecule has 1 aromatic carbocycles. The molecule has 1 aliphatic carbocycles. The molecule has 0 aromatic heterocycles. The SMILES string of the molecule is C=C(/C=C(/C)NCCC)NC(=NC)C1=C(NCc2c(Cl)cccc2Cl)CCCC1. The number of hydrogen-bond donors (Lipinski definition) is 3. The van der Waals surface area contributed by atoms with Crippen LogP contribution < -0.4 is 16.0 Å². The number of halogens is 2. The Morgan fingerprint density at radius 3 is 2.55 bits per heavy atom. The molecule has 4 nitrogen and oxygen atoms in total. The molecule has 0 saturated heterocycles. The second kappa shape index (κ2) is 11.9. The summed E-state index contributed by atoms with van der Waals surface area (Å²) in [4.78, 5) is 4.51. The van der Waals surface area contributed by atoms with E-state index in [4.69, 9.17) is 23.2 Å². The zero-order chi connectivity index (χ0) is 21.2. The Kier molecular flexibility index (Phi) is 9.62. The molecule has 0 aliphatic heterocycles. The maximum Gasteiger partial charge on any atom is 0.130 e. The molecule has 3 N–H and O–H groups in total. The number of nitrogens with one attached hydrogen (secondary N) is 3. The fourth-order valence-electron chi connectivity index (χ4n) is 3.35. The highest BCUT2D eigenvalue weighted by molar-refractivity contribution is 6.35. The standard InChI is InChI=1S/C23H32Cl2N4/c1-5-13-27-16(2)14-17(3)29-23(26-4)18-9-6-7-12-22(18)28-15-19-20(24)10-8-11-21(19)25/h8,10-11,14,27-28H,3,5-7,9,12-13,15H2,1-2,4H3,(H,26,29)/b16-14-. The molecule has 0 atom stereocenters. The molecule has 158 valence electrons. The van der Waals surface area contributed by atoms with Crippen LogP contribution in [0.15, 0.2) is 58.5 Å². The molecule has 0 amide bonds. The van der Waals surface area contributed by atoms with Crippen molar-refractivity contribution >= 4 is 29.0 Å². The van der Waals surface area contributed by atoms with Crippen LogP contribution in [0.25, 0.3) is 0 Å². The van der Waals surface area contributed by atoms with E-state index in [9.17, 15) is 0 Å². The van der Waals surface area contributed by atoms with Crippen molar-refractivity contribution in [1.82, 2.24) is 16.0 Å². The van der Waals surface area contributed by atoms with Crippen molar-refractivity contribution in [2.45, 2.75) is 52.5 Å². The smallest absolute Gasteiger partial charge is 0.130 e. The van der Waals surface area contributed by atoms with Gasteiger partial charge in [-0.3, -0.25) is 4.99 Å². The first-order valence-electron chi connectivity index (χ1n) is 10.2. The van der Waals surface area contributed by atoms with E-state index < -0.39 is 0 Å². The third kappa shape index (κ3) is 7.13. The van der Waals surface area contributed by atoms with Crippen molar-refractivity contribution in [3.05, 3.63) is 69.1 Å². The van der Waals surface area contributed by atoms with Gasteiger partial charge in [-0.05, 0) is 57.2 Å². The van der Waals surface area contributed by atoms with E-state index in [1.807, 2.05) is 38.2 Å². The van der Waals surface area contributed by atoms with Gasteiger partial charge in [0.2, 0.25) is 0 Å². The van der Waals surface area contributed by atoms with Gasteiger partial charge in [0.05, 0.1) is 0 Å². The zero-order valence-corrected chi connectivity index (χ0v) is 19.2. The lowest BCUT2D eigenvalue weighted by molar-refractivity contribution is 0.626. The van der Waals surface area contributed by atoms with Gasteiger partial charge < -0.3 is 16.0 Å². The second-order valence-corrected chi connectivity index (χ2v) is 8.01. The van der Waals surface area contributed by atoms with E-state index in [2.05, 4.69) is 34.4 Å². The summed E-state index contributed by atoms with van der Waals surface area (Å²) < 4.78 is 0. The lowest BCUT2D eigenvalue weighted by atomic mass is 9.94. The van der Waals surface area contributed by atoms with E-state index in [0.717, 1.165) is 61.4 Å². The molecule has 2 rings (SSSR count). The van der Waals surface area contributed by atoms with Crippen molar-refractivity contribution in [3.8, 4) is 0 Å². The molecular formula is C23H32Cl2N4. The average molecular weight is 435 g/mol.